The monoisotopic (exact) mass is 221 g/mol. The number of hydrogen-bond acceptors (Lipinski definition) is 2. The van der Waals surface area contributed by atoms with Gasteiger partial charge in [0.25, 0.3) is 0 Å². The molecule has 1 aromatic carbocycles. The van der Waals surface area contributed by atoms with E-state index in [-0.39, 0.29) is 0 Å². The third kappa shape index (κ3) is 3.25. The van der Waals surface area contributed by atoms with Gasteiger partial charge in [-0.3, -0.25) is 4.90 Å². The zero-order valence-electron chi connectivity index (χ0n) is 9.32. The minimum atomic E-state index is 0.859. The number of hydrogen-bond donors (Lipinski definition) is 1. The van der Waals surface area contributed by atoms with Crippen LogP contribution >= 0.6 is 12.6 Å². The lowest BCUT2D eigenvalue weighted by atomic mass is 10.00. The molecule has 0 unspecified atom stereocenters. The molecular formula is C13H19NS. The van der Waals surface area contributed by atoms with E-state index >= 15 is 0 Å². The first-order chi connectivity index (χ1) is 7.24. The Kier molecular flexibility index (Phi) is 3.71. The van der Waals surface area contributed by atoms with Gasteiger partial charge in [0.1, 0.15) is 0 Å². The van der Waals surface area contributed by atoms with E-state index in [4.69, 9.17) is 0 Å². The van der Waals surface area contributed by atoms with Gasteiger partial charge in [-0.2, -0.15) is 0 Å². The van der Waals surface area contributed by atoms with Gasteiger partial charge in [-0.25, -0.2) is 0 Å². The standard InChI is InChI=1S/C13H19NS/c1-11-4-3-7-14(9-11)10-12-5-2-6-13(15)8-12/h2,5-6,8,11,15H,3-4,7,9-10H2,1H3/t11-/m0/s1. The Bertz CT molecular complexity index is 324. The molecule has 0 saturated carbocycles. The third-order valence-electron chi connectivity index (χ3n) is 3.06. The minimum absolute atomic E-state index is 0.859. The van der Waals surface area contributed by atoms with Crippen molar-refractivity contribution >= 4 is 12.6 Å². The Morgan fingerprint density at radius 2 is 2.33 bits per heavy atom. The molecule has 1 aliphatic rings. The van der Waals surface area contributed by atoms with Crippen molar-refractivity contribution in [1.82, 2.24) is 4.90 Å². The van der Waals surface area contributed by atoms with Crippen LogP contribution in [0.2, 0.25) is 0 Å². The van der Waals surface area contributed by atoms with Gasteiger partial charge in [-0.05, 0) is 43.0 Å². The molecule has 1 atom stereocenters. The molecule has 1 aliphatic heterocycles. The molecule has 0 N–H and O–H groups in total. The first-order valence-corrected chi connectivity index (χ1v) is 6.19. The van der Waals surface area contributed by atoms with E-state index in [2.05, 4.69) is 42.7 Å². The highest BCUT2D eigenvalue weighted by Crippen LogP contribution is 2.18. The number of thiol groups is 1. The Labute approximate surface area is 97.9 Å². The van der Waals surface area contributed by atoms with Crippen LogP contribution in [0.4, 0.5) is 0 Å². The van der Waals surface area contributed by atoms with Crippen molar-refractivity contribution in [3.63, 3.8) is 0 Å². The zero-order valence-corrected chi connectivity index (χ0v) is 10.2. The molecular weight excluding hydrogens is 202 g/mol. The number of benzene rings is 1. The average molecular weight is 221 g/mol. The van der Waals surface area contributed by atoms with Crippen LogP contribution in [-0.4, -0.2) is 18.0 Å². The minimum Gasteiger partial charge on any atom is -0.299 e. The Hall–Kier alpha value is -0.470. The topological polar surface area (TPSA) is 3.24 Å². The molecule has 1 fully saturated rings. The summed E-state index contributed by atoms with van der Waals surface area (Å²) in [5.74, 6) is 0.859. The van der Waals surface area contributed by atoms with Crippen LogP contribution < -0.4 is 0 Å². The Balaban J connectivity index is 1.96. The van der Waals surface area contributed by atoms with Gasteiger partial charge in [0.2, 0.25) is 0 Å². The largest absolute Gasteiger partial charge is 0.299 e. The first kappa shape index (κ1) is 11.0. The maximum absolute atomic E-state index is 4.37. The van der Waals surface area contributed by atoms with E-state index in [1.54, 1.807) is 0 Å². The summed E-state index contributed by atoms with van der Waals surface area (Å²) < 4.78 is 0. The first-order valence-electron chi connectivity index (χ1n) is 5.74. The zero-order chi connectivity index (χ0) is 10.7. The Morgan fingerprint density at radius 1 is 1.47 bits per heavy atom. The van der Waals surface area contributed by atoms with Crippen molar-refractivity contribution in [1.29, 1.82) is 0 Å². The predicted molar refractivity (Wildman–Crippen MR) is 67.4 cm³/mol. The van der Waals surface area contributed by atoms with Gasteiger partial charge in [0, 0.05) is 18.0 Å². The number of rotatable bonds is 2. The number of nitrogens with zero attached hydrogens (tertiary/aromatic N) is 1. The van der Waals surface area contributed by atoms with E-state index < -0.39 is 0 Å². The van der Waals surface area contributed by atoms with Gasteiger partial charge >= 0.3 is 0 Å². The Morgan fingerprint density at radius 3 is 3.07 bits per heavy atom. The second-order valence-electron chi connectivity index (χ2n) is 4.65. The van der Waals surface area contributed by atoms with Crippen LogP contribution in [-0.2, 0) is 6.54 Å². The normalized spacial score (nSPS) is 22.9. The molecule has 2 rings (SSSR count). The quantitative estimate of drug-likeness (QED) is 0.751. The smallest absolute Gasteiger partial charge is 0.0234 e. The summed E-state index contributed by atoms with van der Waals surface area (Å²) in [6.45, 7) is 5.93. The van der Waals surface area contributed by atoms with Gasteiger partial charge in [0.05, 0.1) is 0 Å². The van der Waals surface area contributed by atoms with E-state index in [0.29, 0.717) is 0 Å². The van der Waals surface area contributed by atoms with E-state index in [9.17, 15) is 0 Å². The van der Waals surface area contributed by atoms with Crippen LogP contribution in [0.15, 0.2) is 29.2 Å². The highest BCUT2D eigenvalue weighted by Gasteiger charge is 2.15. The lowest BCUT2D eigenvalue weighted by molar-refractivity contribution is 0.176. The van der Waals surface area contributed by atoms with Crippen LogP contribution in [0.5, 0.6) is 0 Å². The number of piperidine rings is 1. The van der Waals surface area contributed by atoms with E-state index in [1.165, 1.54) is 31.5 Å². The van der Waals surface area contributed by atoms with Gasteiger partial charge in [-0.1, -0.05) is 19.1 Å². The summed E-state index contributed by atoms with van der Waals surface area (Å²) in [7, 11) is 0. The molecule has 1 aromatic rings. The summed E-state index contributed by atoms with van der Waals surface area (Å²) in [5, 5.41) is 0. The van der Waals surface area contributed by atoms with Crippen LogP contribution in [0.1, 0.15) is 25.3 Å². The summed E-state index contributed by atoms with van der Waals surface area (Å²) in [5.41, 5.74) is 1.39. The van der Waals surface area contributed by atoms with Crippen molar-refractivity contribution in [3.8, 4) is 0 Å². The van der Waals surface area contributed by atoms with Crippen LogP contribution in [0.25, 0.3) is 0 Å². The van der Waals surface area contributed by atoms with Crippen molar-refractivity contribution in [2.45, 2.75) is 31.2 Å². The molecule has 82 valence electrons. The molecule has 1 saturated heterocycles. The number of likely N-dealkylation sites (tertiary alicyclic amines) is 1. The summed E-state index contributed by atoms with van der Waals surface area (Å²) in [4.78, 5) is 3.62. The van der Waals surface area contributed by atoms with Gasteiger partial charge in [0.15, 0.2) is 0 Å². The SMILES string of the molecule is C[C@H]1CCCN(Cc2cccc(S)c2)C1. The molecule has 0 radical (unpaired) electrons. The summed E-state index contributed by atoms with van der Waals surface area (Å²) in [6, 6.07) is 8.48. The van der Waals surface area contributed by atoms with E-state index in [0.717, 1.165) is 17.4 Å². The summed E-state index contributed by atoms with van der Waals surface area (Å²) in [6.07, 6.45) is 2.74. The van der Waals surface area contributed by atoms with Crippen molar-refractivity contribution in [3.05, 3.63) is 29.8 Å². The molecule has 0 amide bonds. The second kappa shape index (κ2) is 5.04. The highest BCUT2D eigenvalue weighted by molar-refractivity contribution is 7.80. The van der Waals surface area contributed by atoms with Gasteiger partial charge < -0.3 is 0 Å². The lowest BCUT2D eigenvalue weighted by Gasteiger charge is -2.30. The molecule has 0 aliphatic carbocycles. The highest BCUT2D eigenvalue weighted by atomic mass is 32.1. The fraction of sp³-hybridized carbons (Fsp3) is 0.538. The molecule has 0 bridgehead atoms. The molecule has 2 heteroatoms. The molecule has 0 aromatic heterocycles. The van der Waals surface area contributed by atoms with Crippen LogP contribution in [0.3, 0.4) is 0 Å². The third-order valence-corrected chi connectivity index (χ3v) is 3.34. The van der Waals surface area contributed by atoms with E-state index in [1.807, 2.05) is 6.07 Å². The molecule has 0 spiro atoms. The van der Waals surface area contributed by atoms with Crippen LogP contribution in [0, 0.1) is 5.92 Å². The summed E-state index contributed by atoms with van der Waals surface area (Å²) >= 11 is 4.37. The second-order valence-corrected chi connectivity index (χ2v) is 5.17. The maximum Gasteiger partial charge on any atom is 0.0234 e. The predicted octanol–water partition coefficient (Wildman–Crippen LogP) is 3.21. The molecule has 15 heavy (non-hydrogen) atoms. The van der Waals surface area contributed by atoms with Crippen molar-refractivity contribution in [2.24, 2.45) is 5.92 Å². The fourth-order valence-corrected chi connectivity index (χ4v) is 2.60. The lowest BCUT2D eigenvalue weighted by Crippen LogP contribution is -2.33. The molecule has 1 heterocycles. The van der Waals surface area contributed by atoms with Crippen molar-refractivity contribution in [2.75, 3.05) is 13.1 Å². The average Bonchev–Trinajstić information content (AvgIpc) is 2.17. The van der Waals surface area contributed by atoms with Gasteiger partial charge in [-0.15, -0.1) is 12.6 Å². The van der Waals surface area contributed by atoms with Crippen molar-refractivity contribution < 1.29 is 0 Å². The fourth-order valence-electron chi connectivity index (χ4n) is 2.34. The maximum atomic E-state index is 4.37. The molecule has 1 nitrogen and oxygen atoms in total.